The van der Waals surface area contributed by atoms with E-state index in [1.54, 1.807) is 0 Å². The molecule has 4 aromatic rings. The number of nitrogens with one attached hydrogen (secondary N) is 2. The molecule has 1 amide bonds. The van der Waals surface area contributed by atoms with Crippen LogP contribution in [0, 0.1) is 0 Å². The van der Waals surface area contributed by atoms with E-state index in [4.69, 9.17) is 69.8 Å². The zero-order chi connectivity index (χ0) is 53.3. The van der Waals surface area contributed by atoms with Gasteiger partial charge in [-0.25, -0.2) is 24.7 Å². The normalized spacial score (nSPS) is 29.7. The Kier molecular flexibility index (Phi) is 16.4. The van der Waals surface area contributed by atoms with Gasteiger partial charge >= 0.3 is 19.5 Å². The summed E-state index contributed by atoms with van der Waals surface area (Å²) in [7, 11) is -6.78. The average Bonchev–Trinajstić information content (AvgIpc) is 3.99. The lowest BCUT2D eigenvalue weighted by molar-refractivity contribution is -0.0604. The Labute approximate surface area is 439 Å². The molecule has 2 bridgehead atoms. The Morgan fingerprint density at radius 2 is 1.47 bits per heavy atom. The molecule has 29 heteroatoms. The number of ether oxygens (including phenoxy) is 3. The van der Waals surface area contributed by atoms with Gasteiger partial charge in [-0.05, 0) is 84.3 Å². The molecule has 406 valence electrons. The molecule has 0 aromatic carbocycles. The zero-order valence-electron chi connectivity index (χ0n) is 44.0. The van der Waals surface area contributed by atoms with Gasteiger partial charge in [0.1, 0.15) is 60.7 Å². The van der Waals surface area contributed by atoms with E-state index < -0.39 is 98.9 Å². The van der Waals surface area contributed by atoms with Crippen LogP contribution in [-0.4, -0.2) is 144 Å². The van der Waals surface area contributed by atoms with Crippen LogP contribution in [0.3, 0.4) is 0 Å². The number of hydrogen-bond donors (Lipinski definition) is 4. The third kappa shape index (κ3) is 12.5. The summed E-state index contributed by atoms with van der Waals surface area (Å²) in [4.78, 5) is 69.1. The molecular formula is C44H73N9O13P2S2Si3. The van der Waals surface area contributed by atoms with Crippen molar-refractivity contribution >= 4 is 95.9 Å². The molecular weight excluding hydrogens is 1070 g/mol. The number of rotatable bonds is 12. The highest BCUT2D eigenvalue weighted by molar-refractivity contribution is 8.07. The number of nitrogens with zero attached hydrogens (tertiary/aromatic N) is 7. The van der Waals surface area contributed by atoms with E-state index in [9.17, 15) is 19.4 Å². The first kappa shape index (κ1) is 56.8. The first-order chi connectivity index (χ1) is 33.9. The van der Waals surface area contributed by atoms with E-state index in [-0.39, 0.29) is 47.5 Å². The maximum atomic E-state index is 13.9. The summed E-state index contributed by atoms with van der Waals surface area (Å²) in [6.45, 7) is 19.5. The summed E-state index contributed by atoms with van der Waals surface area (Å²) in [6.07, 6.45) is -1.07. The minimum absolute atomic E-state index is 0.00429. The Hall–Kier alpha value is -2.41. The zero-order valence-corrected chi connectivity index (χ0v) is 50.4. The van der Waals surface area contributed by atoms with Crippen LogP contribution >= 0.6 is 13.4 Å². The van der Waals surface area contributed by atoms with E-state index in [0.717, 1.165) is 42.2 Å². The van der Waals surface area contributed by atoms with Crippen LogP contribution in [0.4, 0.5) is 10.6 Å². The van der Waals surface area contributed by atoms with E-state index in [2.05, 4.69) is 113 Å². The van der Waals surface area contributed by atoms with Crippen molar-refractivity contribution in [2.75, 3.05) is 38.2 Å². The first-order valence-electron chi connectivity index (χ1n) is 24.7. The summed E-state index contributed by atoms with van der Waals surface area (Å²) in [5, 5.41) is 6.39. The fraction of sp³-hybridized carbons (Fsp3) is 0.727. The number of aromatic nitrogens is 7. The highest BCUT2D eigenvalue weighted by Gasteiger charge is 2.57. The highest BCUT2D eigenvalue weighted by Crippen LogP contribution is 2.56. The Morgan fingerprint density at radius 1 is 0.836 bits per heavy atom. The number of fused-ring (bicyclic) bond motifs is 4. The van der Waals surface area contributed by atoms with Gasteiger partial charge in [-0.3, -0.25) is 23.0 Å². The predicted molar refractivity (Wildman–Crippen MR) is 290 cm³/mol. The molecule has 4 aliphatic heterocycles. The summed E-state index contributed by atoms with van der Waals surface area (Å²) in [6, 6.07) is 0.830. The van der Waals surface area contributed by atoms with Crippen molar-refractivity contribution < 1.29 is 55.7 Å². The van der Waals surface area contributed by atoms with Gasteiger partial charge in [-0.1, -0.05) is 61.2 Å². The molecule has 22 nitrogen and oxygen atoms in total. The number of alkyl carbamates (subject to hydrolysis) is 1. The molecule has 4 aliphatic rings. The van der Waals surface area contributed by atoms with Gasteiger partial charge < -0.3 is 57.1 Å². The molecule has 8 rings (SSSR count). The van der Waals surface area contributed by atoms with Crippen LogP contribution in [0.25, 0.3) is 22.2 Å². The van der Waals surface area contributed by atoms with Gasteiger partial charge in [0.2, 0.25) is 0 Å². The van der Waals surface area contributed by atoms with Gasteiger partial charge in [0.25, 0.3) is 5.56 Å². The summed E-state index contributed by atoms with van der Waals surface area (Å²) >= 11 is 11.7. The van der Waals surface area contributed by atoms with Crippen LogP contribution in [0.5, 0.6) is 0 Å². The van der Waals surface area contributed by atoms with Crippen molar-refractivity contribution in [2.24, 2.45) is 0 Å². The maximum absolute atomic E-state index is 13.9. The topological polar surface area (TPSA) is 248 Å². The number of carbonyl (C=O) groups is 1. The fourth-order valence-electron chi connectivity index (χ4n) is 8.61. The van der Waals surface area contributed by atoms with Gasteiger partial charge in [0.05, 0.1) is 31.5 Å². The van der Waals surface area contributed by atoms with E-state index >= 15 is 0 Å². The second-order valence-corrected chi connectivity index (χ2v) is 44.2. The summed E-state index contributed by atoms with van der Waals surface area (Å²) < 4.78 is 63.8. The largest absolute Gasteiger partial charge is 0.450 e. The molecule has 0 saturated carbocycles. The third-order valence-corrected chi connectivity index (χ3v) is 28.5. The first-order valence-corrected chi connectivity index (χ1v) is 39.4. The van der Waals surface area contributed by atoms with Crippen molar-refractivity contribution in [1.82, 2.24) is 39.0 Å². The summed E-state index contributed by atoms with van der Waals surface area (Å²) in [5.74, 6) is 0.717. The van der Waals surface area contributed by atoms with E-state index in [1.807, 2.05) is 10.8 Å². The fourth-order valence-corrected chi connectivity index (χ4v) is 14.8. The molecule has 73 heavy (non-hydrogen) atoms. The van der Waals surface area contributed by atoms with Crippen molar-refractivity contribution in [3.05, 3.63) is 41.1 Å². The molecule has 8 heterocycles. The van der Waals surface area contributed by atoms with Crippen LogP contribution in [0.15, 0.2) is 30.0 Å². The van der Waals surface area contributed by atoms with Gasteiger partial charge in [-0.15, -0.1) is 0 Å². The molecule has 0 spiro atoms. The predicted octanol–water partition coefficient (Wildman–Crippen LogP) is 7.29. The van der Waals surface area contributed by atoms with Gasteiger partial charge in [-0.2, -0.15) is 0 Å². The van der Waals surface area contributed by atoms with E-state index in [1.165, 1.54) is 28.1 Å². The number of amides is 1. The van der Waals surface area contributed by atoms with Gasteiger partial charge in [0.15, 0.2) is 40.3 Å². The number of carbonyl (C=O) groups excluding carboxylic acids is 1. The van der Waals surface area contributed by atoms with Crippen molar-refractivity contribution in [2.45, 2.75) is 172 Å². The van der Waals surface area contributed by atoms with Crippen molar-refractivity contribution in [3.63, 3.8) is 0 Å². The van der Waals surface area contributed by atoms with Crippen molar-refractivity contribution in [1.29, 1.82) is 0 Å². The Morgan fingerprint density at radius 3 is 2.12 bits per heavy atom. The molecule has 4 N–H and O–H groups in total. The third-order valence-electron chi connectivity index (χ3n) is 14.8. The molecule has 0 radical (unpaired) electrons. The Bertz CT molecular complexity index is 2840. The van der Waals surface area contributed by atoms with Crippen molar-refractivity contribution in [3.8, 4) is 0 Å². The van der Waals surface area contributed by atoms with Crippen LogP contribution in [-0.2, 0) is 77.7 Å². The van der Waals surface area contributed by atoms with Crippen LogP contribution < -0.4 is 16.2 Å². The lowest BCUT2D eigenvalue weighted by atomic mass is 10.1. The second-order valence-electron chi connectivity index (χ2n) is 23.4. The van der Waals surface area contributed by atoms with E-state index in [0.29, 0.717) is 12.3 Å². The molecule has 2 unspecified atom stereocenters. The number of hydrogen-bond acceptors (Lipinski definition) is 18. The number of aryl methyl sites for hydroxylation is 1. The Balaban J connectivity index is 1.13. The molecule has 10 atom stereocenters. The monoisotopic (exact) mass is 1150 g/mol. The summed E-state index contributed by atoms with van der Waals surface area (Å²) in [5.41, 5.74) is 1.31. The average molecular weight is 1150 g/mol. The molecule has 3 fully saturated rings. The SMILES string of the molecule is CC(C)(C)[Si](C)(C)O[C@@H]1[C@@H]2OP(O)(=S)OC[C@H]3O[C@@H](n4cnc5c(=O)n(CCNC(=O)OCC[Si](C)(C)C)cnc54)[C@H](OP(O)(=S)OC[C@H]2O[C@H]1n1cc2c4c(ncnc41)NCCC2)[C@@H]3O[Si](C)(C)C(C)(C)C. The maximum Gasteiger partial charge on any atom is 0.407 e. The van der Waals surface area contributed by atoms with Gasteiger partial charge in [0, 0.05) is 33.9 Å². The number of imidazole rings is 1. The molecule has 4 aromatic heterocycles. The molecule has 3 saturated heterocycles. The lowest BCUT2D eigenvalue weighted by Gasteiger charge is -2.41. The smallest absolute Gasteiger partial charge is 0.407 e. The van der Waals surface area contributed by atoms with Crippen LogP contribution in [0.1, 0.15) is 66.0 Å². The number of anilines is 1. The standard InChI is InChI=1S/C44H73N9O13P2S2Si3/c1-43(2,3)72(10,11)65-33-29-23-60-67(56,69)63-32-28(61-41(35(32)66-73(12,13)44(4,5)6)52-21-27-15-14-16-45-36-30(27)37(52)48-24-47-36)22-59-68(57,70)64-34(33)40(62-29)53-26-49-31-38(53)50-25-51(39(31)54)18-17-46-42(55)58-19-20-71(7,8)9/h21,24-26,28-29,32-35,40-41H,14-20,22-23H2,1-13H3,(H,46,55)(H,56,69)(H,57,70)(H,45,47,48)/t28-,29-,32-,33-,34-,35-,40-,41-,67?,68?/m1/s1. The quantitative estimate of drug-likeness (QED) is 0.0803. The minimum atomic E-state index is -4.30. The second kappa shape index (κ2) is 21.1. The minimum Gasteiger partial charge on any atom is -0.450 e. The van der Waals surface area contributed by atoms with Crippen LogP contribution in [0.2, 0.25) is 61.9 Å². The highest BCUT2D eigenvalue weighted by atomic mass is 32.5. The molecule has 0 aliphatic carbocycles. The lowest BCUT2D eigenvalue weighted by Crippen LogP contribution is -2.50.